The lowest BCUT2D eigenvalue weighted by Gasteiger charge is -2.07. The molecule has 0 heterocycles. The van der Waals surface area contributed by atoms with Crippen molar-refractivity contribution in [2.75, 3.05) is 0 Å². The summed E-state index contributed by atoms with van der Waals surface area (Å²) < 4.78 is 0. The Morgan fingerprint density at radius 3 is 2.33 bits per heavy atom. The molecule has 0 aliphatic rings. The van der Waals surface area contributed by atoms with Gasteiger partial charge in [-0.1, -0.05) is 31.4 Å². The fourth-order valence-corrected chi connectivity index (χ4v) is 0.709. The summed E-state index contributed by atoms with van der Waals surface area (Å²) in [6.07, 6.45) is 4.71. The molecule has 0 radical (unpaired) electrons. The highest BCUT2D eigenvalue weighted by Gasteiger charge is 2.04. The first-order chi connectivity index (χ1) is 5.61. The molecule has 1 amide bonds. The monoisotopic (exact) mass is 165 g/mol. The van der Waals surface area contributed by atoms with E-state index in [-0.39, 0.29) is 11.9 Å². The Morgan fingerprint density at radius 1 is 1.42 bits per heavy atom. The van der Waals surface area contributed by atoms with Crippen molar-refractivity contribution < 1.29 is 4.79 Å². The molecule has 0 fully saturated rings. The van der Waals surface area contributed by atoms with Gasteiger partial charge in [-0.25, -0.2) is 0 Å². The highest BCUT2D eigenvalue weighted by atomic mass is 16.1. The van der Waals surface area contributed by atoms with E-state index < -0.39 is 0 Å². The fraction of sp³-hybridized carbons (Fsp3) is 0.300. The Balaban J connectivity index is 4.32. The summed E-state index contributed by atoms with van der Waals surface area (Å²) in [5, 5.41) is 2.75. The quantitative estimate of drug-likeness (QED) is 0.499. The number of amides is 1. The molecule has 12 heavy (non-hydrogen) atoms. The third kappa shape index (κ3) is 3.76. The standard InChI is InChI=1S/C10H15NO/c1-5-7-9(6-2)10(12)11-8(3)4/h5-8H,1-2H2,3-4H3,(H,11,12)/b9-7+. The second kappa shape index (κ2) is 5.35. The highest BCUT2D eigenvalue weighted by molar-refractivity contribution is 5.96. The highest BCUT2D eigenvalue weighted by Crippen LogP contribution is 1.96. The number of carbonyl (C=O) groups is 1. The van der Waals surface area contributed by atoms with Crippen LogP contribution in [0.5, 0.6) is 0 Å². The van der Waals surface area contributed by atoms with E-state index in [1.165, 1.54) is 6.08 Å². The van der Waals surface area contributed by atoms with Gasteiger partial charge < -0.3 is 5.32 Å². The molecule has 0 aromatic carbocycles. The molecule has 0 aliphatic carbocycles. The fourth-order valence-electron chi connectivity index (χ4n) is 0.709. The van der Waals surface area contributed by atoms with Crippen molar-refractivity contribution in [3.05, 3.63) is 37.0 Å². The van der Waals surface area contributed by atoms with Gasteiger partial charge in [-0.05, 0) is 13.8 Å². The van der Waals surface area contributed by atoms with Crippen molar-refractivity contribution in [3.63, 3.8) is 0 Å². The van der Waals surface area contributed by atoms with E-state index in [0.717, 1.165) is 0 Å². The summed E-state index contributed by atoms with van der Waals surface area (Å²) in [4.78, 5) is 11.3. The molecular formula is C10H15NO. The van der Waals surface area contributed by atoms with Crippen LogP contribution < -0.4 is 5.32 Å². The van der Waals surface area contributed by atoms with Gasteiger partial charge in [-0.3, -0.25) is 4.79 Å². The predicted octanol–water partition coefficient (Wildman–Crippen LogP) is 1.81. The van der Waals surface area contributed by atoms with Crippen molar-refractivity contribution in [2.24, 2.45) is 0 Å². The first-order valence-corrected chi connectivity index (χ1v) is 3.87. The van der Waals surface area contributed by atoms with Crippen molar-refractivity contribution in [3.8, 4) is 0 Å². The van der Waals surface area contributed by atoms with Crippen LogP contribution in [-0.2, 0) is 4.79 Å². The average molecular weight is 165 g/mol. The summed E-state index contributed by atoms with van der Waals surface area (Å²) in [6.45, 7) is 10.9. The molecule has 2 heteroatoms. The first-order valence-electron chi connectivity index (χ1n) is 3.87. The van der Waals surface area contributed by atoms with Gasteiger partial charge in [0.15, 0.2) is 0 Å². The van der Waals surface area contributed by atoms with E-state index in [2.05, 4.69) is 18.5 Å². The van der Waals surface area contributed by atoms with Gasteiger partial charge in [0.1, 0.15) is 0 Å². The minimum Gasteiger partial charge on any atom is -0.350 e. The Morgan fingerprint density at radius 2 is 2.00 bits per heavy atom. The lowest BCUT2D eigenvalue weighted by molar-refractivity contribution is -0.117. The maximum atomic E-state index is 11.3. The Hall–Kier alpha value is -1.31. The average Bonchev–Trinajstić information content (AvgIpc) is 1.98. The largest absolute Gasteiger partial charge is 0.350 e. The second-order valence-corrected chi connectivity index (χ2v) is 2.69. The van der Waals surface area contributed by atoms with Crippen LogP contribution in [0.25, 0.3) is 0 Å². The molecule has 0 saturated carbocycles. The zero-order chi connectivity index (χ0) is 9.56. The van der Waals surface area contributed by atoms with Crippen LogP contribution in [-0.4, -0.2) is 11.9 Å². The number of nitrogens with one attached hydrogen (secondary N) is 1. The van der Waals surface area contributed by atoms with Gasteiger partial charge >= 0.3 is 0 Å². The molecule has 0 atom stereocenters. The zero-order valence-corrected chi connectivity index (χ0v) is 7.63. The molecule has 0 spiro atoms. The molecule has 0 bridgehead atoms. The van der Waals surface area contributed by atoms with Gasteiger partial charge in [-0.2, -0.15) is 0 Å². The number of hydrogen-bond acceptors (Lipinski definition) is 1. The molecule has 2 nitrogen and oxygen atoms in total. The van der Waals surface area contributed by atoms with Crippen LogP contribution in [0, 0.1) is 0 Å². The molecular weight excluding hydrogens is 150 g/mol. The van der Waals surface area contributed by atoms with Crippen LogP contribution >= 0.6 is 0 Å². The number of hydrogen-bond donors (Lipinski definition) is 1. The molecule has 0 rings (SSSR count). The van der Waals surface area contributed by atoms with E-state index in [4.69, 9.17) is 0 Å². The van der Waals surface area contributed by atoms with Crippen molar-refractivity contribution >= 4 is 5.91 Å². The van der Waals surface area contributed by atoms with E-state index in [9.17, 15) is 4.79 Å². The minimum absolute atomic E-state index is 0.111. The van der Waals surface area contributed by atoms with E-state index >= 15 is 0 Å². The van der Waals surface area contributed by atoms with Gasteiger partial charge in [0.25, 0.3) is 5.91 Å². The zero-order valence-electron chi connectivity index (χ0n) is 7.63. The third-order valence-corrected chi connectivity index (χ3v) is 1.20. The maximum absolute atomic E-state index is 11.3. The van der Waals surface area contributed by atoms with Crippen molar-refractivity contribution in [1.82, 2.24) is 5.32 Å². The lowest BCUT2D eigenvalue weighted by atomic mass is 10.2. The first kappa shape index (κ1) is 10.7. The Kier molecular flexibility index (Phi) is 4.77. The normalized spacial score (nSPS) is 11.1. The Labute approximate surface area is 73.7 Å². The van der Waals surface area contributed by atoms with Gasteiger partial charge in [-0.15, -0.1) is 0 Å². The van der Waals surface area contributed by atoms with Crippen LogP contribution in [0.1, 0.15) is 13.8 Å². The van der Waals surface area contributed by atoms with Crippen LogP contribution in [0.2, 0.25) is 0 Å². The van der Waals surface area contributed by atoms with Crippen LogP contribution in [0.4, 0.5) is 0 Å². The smallest absolute Gasteiger partial charge is 0.251 e. The SMILES string of the molecule is C=C/C=C(\C=C)C(=O)NC(C)C. The number of carbonyl (C=O) groups excluding carboxylic acids is 1. The van der Waals surface area contributed by atoms with Crippen LogP contribution in [0.15, 0.2) is 37.0 Å². The summed E-state index contributed by atoms with van der Waals surface area (Å²) in [5.74, 6) is -0.111. The number of rotatable bonds is 4. The molecule has 0 aromatic rings. The molecule has 0 aromatic heterocycles. The summed E-state index contributed by atoms with van der Waals surface area (Å²) in [7, 11) is 0. The Bertz CT molecular complexity index is 214. The molecule has 0 saturated heterocycles. The summed E-state index contributed by atoms with van der Waals surface area (Å²) in [6, 6.07) is 0.144. The molecule has 66 valence electrons. The lowest BCUT2D eigenvalue weighted by Crippen LogP contribution is -2.30. The molecule has 1 N–H and O–H groups in total. The third-order valence-electron chi connectivity index (χ3n) is 1.20. The maximum Gasteiger partial charge on any atom is 0.251 e. The van der Waals surface area contributed by atoms with E-state index in [1.807, 2.05) is 13.8 Å². The minimum atomic E-state index is -0.111. The number of allylic oxidation sites excluding steroid dienone is 2. The van der Waals surface area contributed by atoms with Crippen LogP contribution in [0.3, 0.4) is 0 Å². The van der Waals surface area contributed by atoms with Crippen molar-refractivity contribution in [2.45, 2.75) is 19.9 Å². The predicted molar refractivity (Wildman–Crippen MR) is 51.8 cm³/mol. The van der Waals surface area contributed by atoms with Gasteiger partial charge in [0.2, 0.25) is 0 Å². The summed E-state index contributed by atoms with van der Waals surface area (Å²) in [5.41, 5.74) is 0.540. The molecule has 0 aliphatic heterocycles. The van der Waals surface area contributed by atoms with Gasteiger partial charge in [0.05, 0.1) is 0 Å². The summed E-state index contributed by atoms with van der Waals surface area (Å²) >= 11 is 0. The molecule has 0 unspecified atom stereocenters. The second-order valence-electron chi connectivity index (χ2n) is 2.69. The van der Waals surface area contributed by atoms with Crippen molar-refractivity contribution in [1.29, 1.82) is 0 Å². The van der Waals surface area contributed by atoms with E-state index in [0.29, 0.717) is 5.57 Å². The van der Waals surface area contributed by atoms with Gasteiger partial charge in [0, 0.05) is 11.6 Å². The topological polar surface area (TPSA) is 29.1 Å². The van der Waals surface area contributed by atoms with E-state index in [1.54, 1.807) is 12.2 Å².